The Morgan fingerprint density at radius 1 is 1.11 bits per heavy atom. The zero-order valence-corrected chi connectivity index (χ0v) is 16.0. The average molecular weight is 378 g/mol. The van der Waals surface area contributed by atoms with Crippen LogP contribution in [0.1, 0.15) is 26.4 Å². The summed E-state index contributed by atoms with van der Waals surface area (Å²) in [6.45, 7) is 5.81. The number of thiophene rings is 1. The Morgan fingerprint density at radius 2 is 1.89 bits per heavy atom. The van der Waals surface area contributed by atoms with Gasteiger partial charge in [-0.1, -0.05) is 6.07 Å². The van der Waals surface area contributed by atoms with Crippen molar-refractivity contribution >= 4 is 34.0 Å². The normalized spacial score (nSPS) is 11.1. The van der Waals surface area contributed by atoms with E-state index in [1.54, 1.807) is 25.1 Å². The van der Waals surface area contributed by atoms with Gasteiger partial charge < -0.3 is 14.8 Å². The number of carbonyl (C=O) groups excluding carboxylic acids is 1. The standard InChI is InChI=1S/C21H18N2O3S/c1-11-8-16-17(9-12(11)2)26-21(23-16)15-10-14(7-13(3)19(15)24)22-20(25)18-5-4-6-27-18/h4-10,24H,1-3H3,(H,22,25). The van der Waals surface area contributed by atoms with Crippen LogP contribution in [0.25, 0.3) is 22.6 Å². The highest BCUT2D eigenvalue weighted by Gasteiger charge is 2.17. The molecule has 2 heterocycles. The maximum absolute atomic E-state index is 12.3. The van der Waals surface area contributed by atoms with E-state index in [1.807, 2.05) is 37.4 Å². The van der Waals surface area contributed by atoms with Gasteiger partial charge >= 0.3 is 0 Å². The van der Waals surface area contributed by atoms with Gasteiger partial charge in [-0.3, -0.25) is 4.79 Å². The van der Waals surface area contributed by atoms with Gasteiger partial charge in [0.2, 0.25) is 5.89 Å². The van der Waals surface area contributed by atoms with Crippen LogP contribution in [-0.4, -0.2) is 16.0 Å². The molecule has 6 heteroatoms. The molecule has 0 unspecified atom stereocenters. The van der Waals surface area contributed by atoms with Crippen molar-refractivity contribution in [1.29, 1.82) is 0 Å². The summed E-state index contributed by atoms with van der Waals surface area (Å²) in [6, 6.07) is 10.9. The molecule has 0 saturated heterocycles. The minimum absolute atomic E-state index is 0.0872. The molecule has 0 radical (unpaired) electrons. The molecule has 0 spiro atoms. The number of fused-ring (bicyclic) bond motifs is 1. The van der Waals surface area contributed by atoms with E-state index in [1.165, 1.54) is 11.3 Å². The molecule has 0 atom stereocenters. The van der Waals surface area contributed by atoms with Gasteiger partial charge in [-0.2, -0.15) is 0 Å². The molecule has 4 rings (SSSR count). The largest absolute Gasteiger partial charge is 0.507 e. The molecular formula is C21H18N2O3S. The van der Waals surface area contributed by atoms with Gasteiger partial charge in [-0.25, -0.2) is 4.98 Å². The second kappa shape index (κ2) is 6.55. The van der Waals surface area contributed by atoms with E-state index in [-0.39, 0.29) is 11.7 Å². The molecule has 0 saturated carbocycles. The fourth-order valence-electron chi connectivity index (χ4n) is 2.91. The van der Waals surface area contributed by atoms with Crippen LogP contribution in [-0.2, 0) is 0 Å². The molecule has 2 aromatic heterocycles. The minimum atomic E-state index is -0.190. The first-order chi connectivity index (χ1) is 12.9. The molecule has 0 fully saturated rings. The summed E-state index contributed by atoms with van der Waals surface area (Å²) in [7, 11) is 0. The number of benzene rings is 2. The number of rotatable bonds is 3. The third kappa shape index (κ3) is 3.19. The van der Waals surface area contributed by atoms with Gasteiger partial charge in [0.15, 0.2) is 5.58 Å². The summed E-state index contributed by atoms with van der Waals surface area (Å²) in [6.07, 6.45) is 0. The predicted octanol–water partition coefficient (Wildman–Crippen LogP) is 5.44. The van der Waals surface area contributed by atoms with Crippen LogP contribution in [0.2, 0.25) is 0 Å². The summed E-state index contributed by atoms with van der Waals surface area (Å²) in [5.41, 5.74) is 5.29. The molecule has 2 aromatic carbocycles. The predicted molar refractivity (Wildman–Crippen MR) is 108 cm³/mol. The number of oxazole rings is 1. The summed E-state index contributed by atoms with van der Waals surface area (Å²) in [4.78, 5) is 17.5. The van der Waals surface area contributed by atoms with Crippen molar-refractivity contribution < 1.29 is 14.3 Å². The lowest BCUT2D eigenvalue weighted by Gasteiger charge is -2.09. The zero-order valence-electron chi connectivity index (χ0n) is 15.2. The number of nitrogens with one attached hydrogen (secondary N) is 1. The molecule has 2 N–H and O–H groups in total. The van der Waals surface area contributed by atoms with Crippen molar-refractivity contribution in [2.24, 2.45) is 0 Å². The van der Waals surface area contributed by atoms with Crippen LogP contribution in [0.5, 0.6) is 5.75 Å². The first-order valence-electron chi connectivity index (χ1n) is 8.49. The fourth-order valence-corrected chi connectivity index (χ4v) is 3.53. The van der Waals surface area contributed by atoms with Crippen LogP contribution in [0.4, 0.5) is 5.69 Å². The Bertz CT molecular complexity index is 1120. The van der Waals surface area contributed by atoms with E-state index in [4.69, 9.17) is 4.42 Å². The SMILES string of the molecule is Cc1cc2nc(-c3cc(NC(=O)c4cccs4)cc(C)c3O)oc2cc1C. The molecule has 0 aliphatic carbocycles. The number of hydrogen-bond donors (Lipinski definition) is 2. The summed E-state index contributed by atoms with van der Waals surface area (Å²) in [5.74, 6) is 0.219. The molecular weight excluding hydrogens is 360 g/mol. The van der Waals surface area contributed by atoms with E-state index in [0.717, 1.165) is 16.6 Å². The topological polar surface area (TPSA) is 75.4 Å². The number of aromatic nitrogens is 1. The molecule has 0 aliphatic rings. The number of aromatic hydroxyl groups is 1. The Hall–Kier alpha value is -3.12. The van der Waals surface area contributed by atoms with Crippen LogP contribution < -0.4 is 5.32 Å². The van der Waals surface area contributed by atoms with Gasteiger partial charge in [-0.15, -0.1) is 11.3 Å². The number of carbonyl (C=O) groups is 1. The van der Waals surface area contributed by atoms with Crippen LogP contribution in [0.15, 0.2) is 46.2 Å². The van der Waals surface area contributed by atoms with Crippen LogP contribution in [0.3, 0.4) is 0 Å². The smallest absolute Gasteiger partial charge is 0.265 e. The number of hydrogen-bond acceptors (Lipinski definition) is 5. The van der Waals surface area contributed by atoms with Crippen LogP contribution >= 0.6 is 11.3 Å². The van der Waals surface area contributed by atoms with Crippen molar-refractivity contribution in [3.8, 4) is 17.2 Å². The maximum Gasteiger partial charge on any atom is 0.265 e. The van der Waals surface area contributed by atoms with Gasteiger partial charge in [0.25, 0.3) is 5.91 Å². The Morgan fingerprint density at radius 3 is 2.63 bits per heavy atom. The first-order valence-corrected chi connectivity index (χ1v) is 9.37. The molecule has 27 heavy (non-hydrogen) atoms. The van der Waals surface area contributed by atoms with Gasteiger partial charge in [0.05, 0.1) is 10.4 Å². The average Bonchev–Trinajstić information content (AvgIpc) is 3.28. The molecule has 1 amide bonds. The maximum atomic E-state index is 12.3. The van der Waals surface area contributed by atoms with Crippen LogP contribution in [0, 0.1) is 20.8 Å². The van der Waals surface area contributed by atoms with Gasteiger partial charge in [-0.05, 0) is 73.2 Å². The monoisotopic (exact) mass is 378 g/mol. The Kier molecular flexibility index (Phi) is 4.20. The Labute approximate surface area is 160 Å². The molecule has 4 aromatic rings. The summed E-state index contributed by atoms with van der Waals surface area (Å²) >= 11 is 1.37. The highest BCUT2D eigenvalue weighted by Crippen LogP contribution is 2.36. The van der Waals surface area contributed by atoms with E-state index in [0.29, 0.717) is 33.2 Å². The highest BCUT2D eigenvalue weighted by atomic mass is 32.1. The second-order valence-corrected chi connectivity index (χ2v) is 7.49. The third-order valence-corrected chi connectivity index (χ3v) is 5.41. The molecule has 5 nitrogen and oxygen atoms in total. The number of nitrogens with zero attached hydrogens (tertiary/aromatic N) is 1. The first kappa shape index (κ1) is 17.3. The van der Waals surface area contributed by atoms with E-state index in [2.05, 4.69) is 10.3 Å². The van der Waals surface area contributed by atoms with Crippen molar-refractivity contribution in [2.45, 2.75) is 20.8 Å². The van der Waals surface area contributed by atoms with E-state index >= 15 is 0 Å². The third-order valence-electron chi connectivity index (χ3n) is 4.54. The number of anilines is 1. The van der Waals surface area contributed by atoms with Crippen molar-refractivity contribution in [3.05, 3.63) is 63.3 Å². The molecule has 0 aliphatic heterocycles. The molecule has 0 bridgehead atoms. The number of phenolic OH excluding ortho intramolecular Hbond substituents is 1. The quantitative estimate of drug-likeness (QED) is 0.466. The summed E-state index contributed by atoms with van der Waals surface area (Å²) < 4.78 is 5.88. The summed E-state index contributed by atoms with van der Waals surface area (Å²) in [5, 5.41) is 15.2. The minimum Gasteiger partial charge on any atom is -0.507 e. The number of amides is 1. The number of aryl methyl sites for hydroxylation is 3. The lowest BCUT2D eigenvalue weighted by molar-refractivity contribution is 0.103. The van der Waals surface area contributed by atoms with E-state index in [9.17, 15) is 9.90 Å². The fraction of sp³-hybridized carbons (Fsp3) is 0.143. The second-order valence-electron chi connectivity index (χ2n) is 6.54. The lowest BCUT2D eigenvalue weighted by atomic mass is 10.1. The van der Waals surface area contributed by atoms with Gasteiger partial charge in [0, 0.05) is 5.69 Å². The highest BCUT2D eigenvalue weighted by molar-refractivity contribution is 7.12. The zero-order chi connectivity index (χ0) is 19.1. The van der Waals surface area contributed by atoms with Crippen molar-refractivity contribution in [3.63, 3.8) is 0 Å². The Balaban J connectivity index is 1.76. The lowest BCUT2D eigenvalue weighted by Crippen LogP contribution is -2.10. The van der Waals surface area contributed by atoms with E-state index < -0.39 is 0 Å². The number of phenols is 1. The van der Waals surface area contributed by atoms with Gasteiger partial charge in [0.1, 0.15) is 11.3 Å². The molecule has 136 valence electrons. The van der Waals surface area contributed by atoms with Crippen molar-refractivity contribution in [1.82, 2.24) is 4.98 Å². The van der Waals surface area contributed by atoms with Crippen molar-refractivity contribution in [2.75, 3.05) is 5.32 Å².